The number of sulfonamides is 1. The molecule has 0 aromatic rings. The summed E-state index contributed by atoms with van der Waals surface area (Å²) in [6.45, 7) is 6.52. The molecule has 0 amide bonds. The lowest BCUT2D eigenvalue weighted by molar-refractivity contribution is -0.897. The van der Waals surface area contributed by atoms with Crippen molar-refractivity contribution >= 4 is 10.0 Å². The average Bonchev–Trinajstić information content (AvgIpc) is 2.50. The van der Waals surface area contributed by atoms with Gasteiger partial charge in [0.25, 0.3) is 0 Å². The Morgan fingerprint density at radius 1 is 1.24 bits per heavy atom. The zero-order valence-electron chi connectivity index (χ0n) is 10.1. The predicted octanol–water partition coefficient (Wildman–Crippen LogP) is 1.43. The molecular weight excluding hydrogens is 257 g/mol. The van der Waals surface area contributed by atoms with E-state index in [0.29, 0.717) is 0 Å². The first-order valence-electron chi connectivity index (χ1n) is 5.44. The third kappa shape index (κ3) is 6.23. The molecule has 0 aromatic carbocycles. The van der Waals surface area contributed by atoms with Crippen LogP contribution in [0.1, 0.15) is 26.2 Å². The van der Waals surface area contributed by atoms with Crippen LogP contribution in [0.4, 0.5) is 13.2 Å². The second-order valence-electron chi connectivity index (χ2n) is 4.49. The number of rotatable bonds is 2. The van der Waals surface area contributed by atoms with E-state index in [-0.39, 0.29) is 0 Å². The molecule has 17 heavy (non-hydrogen) atoms. The molecular formula is C9H20F3N2O2S+. The van der Waals surface area contributed by atoms with Crippen molar-refractivity contribution < 1.29 is 26.1 Å². The lowest BCUT2D eigenvalue weighted by Gasteiger charge is -2.28. The molecule has 0 aliphatic carbocycles. The summed E-state index contributed by atoms with van der Waals surface area (Å²) < 4.78 is 52.5. The highest BCUT2D eigenvalue weighted by molar-refractivity contribution is 7.90. The van der Waals surface area contributed by atoms with Gasteiger partial charge in [0.2, 0.25) is 0 Å². The molecule has 2 N–H and O–H groups in total. The van der Waals surface area contributed by atoms with E-state index >= 15 is 0 Å². The fourth-order valence-corrected chi connectivity index (χ4v) is 1.86. The number of quaternary nitrogens is 1. The lowest BCUT2D eigenvalue weighted by atomic mass is 10.4. The summed E-state index contributed by atoms with van der Waals surface area (Å²) in [4.78, 5) is 0. The minimum Gasteiger partial charge on any atom is -0.326 e. The van der Waals surface area contributed by atoms with Gasteiger partial charge in [-0.15, -0.1) is 0 Å². The van der Waals surface area contributed by atoms with Gasteiger partial charge in [0.1, 0.15) is 0 Å². The van der Waals surface area contributed by atoms with Crippen molar-refractivity contribution in [3.63, 3.8) is 0 Å². The van der Waals surface area contributed by atoms with Crippen LogP contribution < -0.4 is 5.14 Å². The van der Waals surface area contributed by atoms with Crippen LogP contribution in [-0.2, 0) is 10.0 Å². The molecule has 1 rings (SSSR count). The van der Waals surface area contributed by atoms with Crippen LogP contribution >= 0.6 is 0 Å². The Morgan fingerprint density at radius 3 is 1.82 bits per heavy atom. The van der Waals surface area contributed by atoms with Gasteiger partial charge in [0.15, 0.2) is 0 Å². The minimum absolute atomic E-state index is 1.34. The van der Waals surface area contributed by atoms with E-state index in [1.54, 1.807) is 0 Å². The predicted molar refractivity (Wildman–Crippen MR) is 59.5 cm³/mol. The van der Waals surface area contributed by atoms with E-state index in [9.17, 15) is 21.6 Å². The Kier molecular flexibility index (Phi) is 5.89. The van der Waals surface area contributed by atoms with Crippen LogP contribution in [-0.4, -0.2) is 45.1 Å². The molecule has 1 heterocycles. The highest BCUT2D eigenvalue weighted by Crippen LogP contribution is 2.18. The van der Waals surface area contributed by atoms with Crippen molar-refractivity contribution in [1.82, 2.24) is 0 Å². The van der Waals surface area contributed by atoms with Crippen LogP contribution in [0.15, 0.2) is 0 Å². The monoisotopic (exact) mass is 277 g/mol. The maximum absolute atomic E-state index is 10.8. The number of alkyl halides is 3. The molecule has 0 bridgehead atoms. The lowest BCUT2D eigenvalue weighted by Crippen LogP contribution is -2.41. The largest absolute Gasteiger partial charge is 0.511 e. The molecule has 104 valence electrons. The van der Waals surface area contributed by atoms with E-state index in [1.165, 1.54) is 43.4 Å². The van der Waals surface area contributed by atoms with Gasteiger partial charge in [0, 0.05) is 12.8 Å². The van der Waals surface area contributed by atoms with E-state index in [2.05, 4.69) is 19.1 Å². The third-order valence-corrected chi connectivity index (χ3v) is 3.38. The fourth-order valence-electron chi connectivity index (χ4n) is 1.86. The molecule has 0 radical (unpaired) electrons. The van der Waals surface area contributed by atoms with Crippen molar-refractivity contribution in [3.8, 4) is 0 Å². The van der Waals surface area contributed by atoms with Gasteiger partial charge in [-0.3, -0.25) is 0 Å². The highest BCUT2D eigenvalue weighted by atomic mass is 32.2. The van der Waals surface area contributed by atoms with Gasteiger partial charge in [-0.25, -0.2) is 13.6 Å². The van der Waals surface area contributed by atoms with Gasteiger partial charge < -0.3 is 4.48 Å². The minimum atomic E-state index is -5.34. The molecule has 1 fully saturated rings. The number of nitrogens with zero attached hydrogens (tertiary/aromatic N) is 1. The van der Waals surface area contributed by atoms with Crippen LogP contribution in [0.3, 0.4) is 0 Å². The van der Waals surface area contributed by atoms with Crippen molar-refractivity contribution in [1.29, 1.82) is 0 Å². The van der Waals surface area contributed by atoms with Crippen LogP contribution in [0.2, 0.25) is 0 Å². The van der Waals surface area contributed by atoms with Crippen LogP contribution in [0.25, 0.3) is 0 Å². The molecule has 4 nitrogen and oxygen atoms in total. The summed E-state index contributed by atoms with van der Waals surface area (Å²) in [6, 6.07) is 0. The number of nitrogens with two attached hydrogens (primary N) is 1. The topological polar surface area (TPSA) is 60.2 Å². The summed E-state index contributed by atoms with van der Waals surface area (Å²) in [7, 11) is -2.95. The standard InChI is InChI=1S/C8H18N.CH2F3NO2S/c1-3-6-9(2)7-4-5-8-9;2-1(3,4)8(5,6)7/h3-8H2,1-2H3;(H2,5,6,7)/q+1;. The average molecular weight is 277 g/mol. The van der Waals surface area contributed by atoms with E-state index in [1.807, 2.05) is 0 Å². The molecule has 1 saturated heterocycles. The summed E-state index contributed by atoms with van der Waals surface area (Å²) in [5.41, 5.74) is -5.31. The Morgan fingerprint density at radius 2 is 1.59 bits per heavy atom. The van der Waals surface area contributed by atoms with Crippen molar-refractivity contribution in [2.45, 2.75) is 31.7 Å². The molecule has 0 unspecified atom stereocenters. The van der Waals surface area contributed by atoms with Gasteiger partial charge >= 0.3 is 15.5 Å². The number of primary sulfonamides is 1. The maximum Gasteiger partial charge on any atom is 0.511 e. The van der Waals surface area contributed by atoms with Crippen molar-refractivity contribution in [2.75, 3.05) is 26.7 Å². The van der Waals surface area contributed by atoms with Crippen LogP contribution in [0.5, 0.6) is 0 Å². The molecule has 1 aliphatic rings. The number of halogens is 3. The quantitative estimate of drug-likeness (QED) is 0.776. The first kappa shape index (κ1) is 16.7. The van der Waals surface area contributed by atoms with Crippen molar-refractivity contribution in [3.05, 3.63) is 0 Å². The Bertz CT molecular complexity index is 322. The molecule has 0 saturated carbocycles. The molecule has 0 aromatic heterocycles. The van der Waals surface area contributed by atoms with Crippen molar-refractivity contribution in [2.24, 2.45) is 5.14 Å². The van der Waals surface area contributed by atoms with Gasteiger partial charge in [-0.1, -0.05) is 6.92 Å². The van der Waals surface area contributed by atoms with E-state index in [0.717, 1.165) is 0 Å². The molecule has 0 spiro atoms. The van der Waals surface area contributed by atoms with E-state index < -0.39 is 15.5 Å². The first-order chi connectivity index (χ1) is 7.52. The van der Waals surface area contributed by atoms with Gasteiger partial charge in [0.05, 0.1) is 26.7 Å². The van der Waals surface area contributed by atoms with Gasteiger partial charge in [-0.2, -0.15) is 13.2 Å². The number of hydrogen-bond acceptors (Lipinski definition) is 2. The normalized spacial score (nSPS) is 19.6. The Balaban J connectivity index is 0.000000304. The second-order valence-corrected chi connectivity index (χ2v) is 6.04. The molecule has 8 heteroatoms. The summed E-state index contributed by atoms with van der Waals surface area (Å²) in [5, 5.41) is 3.66. The summed E-state index contributed by atoms with van der Waals surface area (Å²) in [6.07, 6.45) is 4.25. The summed E-state index contributed by atoms with van der Waals surface area (Å²) in [5.74, 6) is 0. The van der Waals surface area contributed by atoms with Gasteiger partial charge in [-0.05, 0) is 6.42 Å². The van der Waals surface area contributed by atoms with E-state index in [4.69, 9.17) is 0 Å². The third-order valence-electron chi connectivity index (χ3n) is 2.73. The maximum atomic E-state index is 10.8. The highest BCUT2D eigenvalue weighted by Gasteiger charge is 2.42. The SMILES string of the molecule is CCC[N+]1(C)CCCC1.NS(=O)(=O)C(F)(F)F. The Labute approximate surface area is 100 Å². The first-order valence-corrected chi connectivity index (χ1v) is 6.99. The smallest absolute Gasteiger partial charge is 0.326 e. The second kappa shape index (κ2) is 6.01. The number of hydrogen-bond donors (Lipinski definition) is 1. The molecule has 1 aliphatic heterocycles. The number of likely N-dealkylation sites (tertiary alicyclic amines) is 1. The zero-order valence-corrected chi connectivity index (χ0v) is 10.9. The van der Waals surface area contributed by atoms with Crippen LogP contribution in [0, 0.1) is 0 Å². The fraction of sp³-hybridized carbons (Fsp3) is 1.00. The molecule has 0 atom stereocenters. The zero-order chi connectivity index (χ0) is 13.7. The summed E-state index contributed by atoms with van der Waals surface area (Å²) >= 11 is 0. The Hall–Kier alpha value is -0.340.